The number of thiol groups is 1. The number of phenols is 1. The maximum atomic E-state index is 14.2. The van der Waals surface area contributed by atoms with Crippen LogP contribution < -0.4 is 66.3 Å². The van der Waals surface area contributed by atoms with Crippen LogP contribution in [0.4, 0.5) is 0 Å². The van der Waals surface area contributed by atoms with Crippen LogP contribution in [-0.4, -0.2) is 142 Å². The van der Waals surface area contributed by atoms with Crippen molar-refractivity contribution in [2.75, 3.05) is 18.8 Å². The summed E-state index contributed by atoms with van der Waals surface area (Å²) in [5, 5.41) is 43.9. The molecular weight excluding hydrogens is 901 g/mol. The fourth-order valence-electron chi connectivity index (χ4n) is 6.11. The Morgan fingerprint density at radius 2 is 1.01 bits per heavy atom. The molecule has 0 spiro atoms. The van der Waals surface area contributed by atoms with Gasteiger partial charge in [-0.15, -0.1) is 0 Å². The number of carboxylic acid groups (broad SMARTS) is 2. The molecule has 0 saturated carbocycles. The highest BCUT2D eigenvalue weighted by Gasteiger charge is 2.34. The number of nitrogens with two attached hydrogens (primary N) is 6. The summed E-state index contributed by atoms with van der Waals surface area (Å²) in [4.78, 5) is 124. The third kappa shape index (κ3) is 24.3. The highest BCUT2D eigenvalue weighted by molar-refractivity contribution is 7.80. The molecule has 1 aromatic rings. The van der Waals surface area contributed by atoms with Crippen molar-refractivity contribution in [3.63, 3.8) is 0 Å². The van der Waals surface area contributed by atoms with E-state index < -0.39 is 108 Å². The molecule has 27 heteroatoms. The minimum Gasteiger partial charge on any atom is -0.508 e. The normalized spacial score (nSPS) is 14.0. The predicted molar refractivity (Wildman–Crippen MR) is 247 cm³/mol. The molecule has 0 radical (unpaired) electrons. The summed E-state index contributed by atoms with van der Waals surface area (Å²) in [6.07, 6.45) is -1.65. The van der Waals surface area contributed by atoms with E-state index in [4.69, 9.17) is 34.4 Å². The standard InChI is InChI=1S/C40H66N14O12S/c1-20(2)17-27(35(62)50-25(12-14-31(57)58)34(61)51-26(38(65)66)6-4-16-48-40(45)46)52-33(60)24(5-3-15-47-39(43)44)49-36(63)28(18-21-7-9-22(55)10-8-21)53-37(64)29(19-67)54-32(59)23(41)11-13-30(42)56/h7-10,20,23-29,55,67H,3-6,11-19,41H2,1-2H3,(H2,42,56)(H,49,63)(H,50,62)(H,51,61)(H,52,60)(H,53,64)(H,54,59)(H,57,58)(H,65,66)(H4,43,44,47)(H4,45,46,48)/t23-,24-,25-,26-,27-,28-,29-/m0/s1. The number of primary amides is 1. The first-order valence-electron chi connectivity index (χ1n) is 21.2. The molecule has 0 saturated heterocycles. The van der Waals surface area contributed by atoms with Gasteiger partial charge in [0.1, 0.15) is 42.0 Å². The van der Waals surface area contributed by atoms with Crippen LogP contribution in [0.2, 0.25) is 0 Å². The third-order valence-corrected chi connectivity index (χ3v) is 9.99. The van der Waals surface area contributed by atoms with Crippen LogP contribution >= 0.6 is 12.6 Å². The topological polar surface area (TPSA) is 467 Å². The number of nitrogens with one attached hydrogen (secondary N) is 6. The number of aliphatic carboxylic acids is 2. The lowest BCUT2D eigenvalue weighted by molar-refractivity contribution is -0.143. The Balaban J connectivity index is 3.52. The van der Waals surface area contributed by atoms with Gasteiger partial charge in [-0.2, -0.15) is 12.6 Å². The zero-order valence-corrected chi connectivity index (χ0v) is 38.3. The second kappa shape index (κ2) is 30.3. The number of aromatic hydroxyl groups is 1. The second-order valence-corrected chi connectivity index (χ2v) is 16.2. The molecule has 374 valence electrons. The number of carbonyl (C=O) groups excluding carboxylic acids is 7. The molecule has 0 aliphatic rings. The molecule has 7 amide bonds. The summed E-state index contributed by atoms with van der Waals surface area (Å²) in [7, 11) is 0. The van der Waals surface area contributed by atoms with Gasteiger partial charge in [0.15, 0.2) is 11.9 Å². The Labute approximate surface area is 392 Å². The lowest BCUT2D eigenvalue weighted by Crippen LogP contribution is -2.60. The predicted octanol–water partition coefficient (Wildman–Crippen LogP) is -4.53. The average Bonchev–Trinajstić information content (AvgIpc) is 3.24. The number of hydrogen-bond acceptors (Lipinski definition) is 14. The first-order chi connectivity index (χ1) is 31.4. The van der Waals surface area contributed by atoms with E-state index in [-0.39, 0.29) is 93.8 Å². The molecule has 0 unspecified atom stereocenters. The molecule has 0 heterocycles. The van der Waals surface area contributed by atoms with E-state index in [1.807, 2.05) is 0 Å². The number of nitrogens with zero attached hydrogens (tertiary/aromatic N) is 2. The number of aliphatic imine (C=N–C) groups is 2. The van der Waals surface area contributed by atoms with Crippen LogP contribution in [0.25, 0.3) is 0 Å². The minimum absolute atomic E-state index is 0.00244. The van der Waals surface area contributed by atoms with Gasteiger partial charge in [-0.1, -0.05) is 26.0 Å². The van der Waals surface area contributed by atoms with Gasteiger partial charge in [0.05, 0.1) is 6.04 Å². The van der Waals surface area contributed by atoms with Gasteiger partial charge in [0, 0.05) is 38.1 Å². The molecule has 0 aromatic heterocycles. The number of rotatable bonds is 32. The number of carboxylic acids is 2. The summed E-state index contributed by atoms with van der Waals surface area (Å²) >= 11 is 4.16. The summed E-state index contributed by atoms with van der Waals surface area (Å²) in [6, 6.07) is -4.25. The summed E-state index contributed by atoms with van der Waals surface area (Å²) in [5.41, 5.74) is 33.0. The average molecular weight is 967 g/mol. The Kier molecular flexibility index (Phi) is 26.3. The molecule has 1 rings (SSSR count). The van der Waals surface area contributed by atoms with E-state index in [1.165, 1.54) is 24.3 Å². The Bertz CT molecular complexity index is 1910. The highest BCUT2D eigenvalue weighted by atomic mass is 32.1. The van der Waals surface area contributed by atoms with Gasteiger partial charge >= 0.3 is 11.9 Å². The largest absolute Gasteiger partial charge is 0.508 e. The summed E-state index contributed by atoms with van der Waals surface area (Å²) in [5.74, 6) is -10.0. The molecule has 0 aliphatic heterocycles. The van der Waals surface area contributed by atoms with E-state index >= 15 is 0 Å². The van der Waals surface area contributed by atoms with Gasteiger partial charge in [-0.3, -0.25) is 48.3 Å². The monoisotopic (exact) mass is 966 g/mol. The second-order valence-electron chi connectivity index (χ2n) is 15.8. The van der Waals surface area contributed by atoms with Crippen LogP contribution in [0, 0.1) is 5.92 Å². The van der Waals surface area contributed by atoms with Crippen LogP contribution in [0.1, 0.15) is 77.2 Å². The number of phenolic OH excluding ortho intramolecular Hbond substituents is 1. The third-order valence-electron chi connectivity index (χ3n) is 9.62. The zero-order chi connectivity index (χ0) is 50.8. The van der Waals surface area contributed by atoms with Crippen molar-refractivity contribution in [3.05, 3.63) is 29.8 Å². The van der Waals surface area contributed by atoms with Gasteiger partial charge in [-0.05, 0) is 68.6 Å². The number of guanidine groups is 2. The number of benzene rings is 1. The summed E-state index contributed by atoms with van der Waals surface area (Å²) < 4.78 is 0. The van der Waals surface area contributed by atoms with Gasteiger partial charge in [0.2, 0.25) is 41.4 Å². The van der Waals surface area contributed by atoms with E-state index in [9.17, 15) is 58.5 Å². The lowest BCUT2D eigenvalue weighted by Gasteiger charge is -2.28. The van der Waals surface area contributed by atoms with Crippen molar-refractivity contribution in [3.8, 4) is 5.75 Å². The van der Waals surface area contributed by atoms with Gasteiger partial charge in [0.25, 0.3) is 0 Å². The number of carbonyl (C=O) groups is 9. The van der Waals surface area contributed by atoms with Crippen molar-refractivity contribution < 1.29 is 58.5 Å². The van der Waals surface area contributed by atoms with Gasteiger partial charge in [-0.25, -0.2) is 4.79 Å². The van der Waals surface area contributed by atoms with Crippen molar-refractivity contribution >= 4 is 77.8 Å². The maximum absolute atomic E-state index is 14.2. The van der Waals surface area contributed by atoms with Crippen LogP contribution in [0.3, 0.4) is 0 Å². The molecule has 7 atom stereocenters. The van der Waals surface area contributed by atoms with Crippen molar-refractivity contribution in [1.29, 1.82) is 0 Å². The molecular formula is C40H66N14O12S. The maximum Gasteiger partial charge on any atom is 0.326 e. The first kappa shape index (κ1) is 58.1. The first-order valence-corrected chi connectivity index (χ1v) is 21.9. The molecule has 21 N–H and O–H groups in total. The Hall–Kier alpha value is -6.90. The smallest absolute Gasteiger partial charge is 0.326 e. The fraction of sp³-hybridized carbons (Fsp3) is 0.575. The summed E-state index contributed by atoms with van der Waals surface area (Å²) in [6.45, 7) is 3.50. The molecule has 0 aliphatic carbocycles. The Morgan fingerprint density at radius 1 is 0.582 bits per heavy atom. The number of amides is 7. The minimum atomic E-state index is -1.58. The van der Waals surface area contributed by atoms with E-state index in [2.05, 4.69) is 54.5 Å². The molecule has 1 aromatic carbocycles. The molecule has 26 nitrogen and oxygen atoms in total. The fourth-order valence-corrected chi connectivity index (χ4v) is 6.37. The van der Waals surface area contributed by atoms with Crippen LogP contribution in [0.15, 0.2) is 34.3 Å². The van der Waals surface area contributed by atoms with E-state index in [0.29, 0.717) is 5.56 Å². The highest BCUT2D eigenvalue weighted by Crippen LogP contribution is 2.14. The lowest BCUT2D eigenvalue weighted by atomic mass is 10.0. The quantitative estimate of drug-likeness (QED) is 0.0140. The Morgan fingerprint density at radius 3 is 1.49 bits per heavy atom. The van der Waals surface area contributed by atoms with E-state index in [0.717, 1.165) is 0 Å². The molecule has 0 bridgehead atoms. The van der Waals surface area contributed by atoms with E-state index in [1.54, 1.807) is 13.8 Å². The van der Waals surface area contributed by atoms with Crippen LogP contribution in [-0.2, 0) is 49.6 Å². The van der Waals surface area contributed by atoms with Crippen molar-refractivity contribution in [1.82, 2.24) is 31.9 Å². The van der Waals surface area contributed by atoms with Crippen molar-refractivity contribution in [2.45, 2.75) is 120 Å². The molecule has 67 heavy (non-hydrogen) atoms. The van der Waals surface area contributed by atoms with Gasteiger partial charge < -0.3 is 81.6 Å². The zero-order valence-electron chi connectivity index (χ0n) is 37.4. The molecule has 0 fully saturated rings. The SMILES string of the molecule is CC(C)C[C@H](NC(=O)[C@H](CCCN=C(N)N)NC(=O)[C@H](Cc1ccc(O)cc1)NC(=O)[C@H](CS)NC(=O)[C@@H](N)CCC(N)=O)C(=O)N[C@@H](CCC(=O)O)C(=O)N[C@@H](CCCN=C(N)N)C(=O)O. The number of hydrogen-bond donors (Lipinski definition) is 16. The van der Waals surface area contributed by atoms with Crippen LogP contribution in [0.5, 0.6) is 5.75 Å². The van der Waals surface area contributed by atoms with Crippen molar-refractivity contribution in [2.24, 2.45) is 50.3 Å².